The lowest BCUT2D eigenvalue weighted by molar-refractivity contribution is -0.140. The number of rotatable bonds is 5. The second-order valence-electron chi connectivity index (χ2n) is 5.77. The van der Waals surface area contributed by atoms with Crippen LogP contribution >= 0.6 is 0 Å². The summed E-state index contributed by atoms with van der Waals surface area (Å²) in [5.74, 6) is 0.429. The molecule has 2 amide bonds. The van der Waals surface area contributed by atoms with E-state index in [9.17, 15) is 9.59 Å². The molecule has 104 valence electrons. The Morgan fingerprint density at radius 3 is 2.56 bits per heavy atom. The zero-order chi connectivity index (χ0) is 13.7. The molecule has 1 aliphatic rings. The molecule has 1 heterocycles. The third-order valence-corrected chi connectivity index (χ3v) is 3.16. The standard InChI is InChI=1S/C13H25N3O2/c1-9(2)7-16(8-12(14)17)13(18)11-4-10(3)5-15-6-11/h9-11,15H,4-8H2,1-3H3,(H2,14,17). The fourth-order valence-electron chi connectivity index (χ4n) is 2.46. The first kappa shape index (κ1) is 15.0. The van der Waals surface area contributed by atoms with Crippen molar-refractivity contribution in [2.45, 2.75) is 27.2 Å². The number of nitrogens with one attached hydrogen (secondary N) is 1. The molecule has 5 nitrogen and oxygen atoms in total. The summed E-state index contributed by atoms with van der Waals surface area (Å²) in [7, 11) is 0. The second kappa shape index (κ2) is 6.73. The molecule has 1 aliphatic heterocycles. The van der Waals surface area contributed by atoms with Crippen molar-refractivity contribution in [2.75, 3.05) is 26.2 Å². The maximum Gasteiger partial charge on any atom is 0.237 e. The Hall–Kier alpha value is -1.10. The van der Waals surface area contributed by atoms with Crippen molar-refractivity contribution in [1.82, 2.24) is 10.2 Å². The van der Waals surface area contributed by atoms with E-state index in [1.165, 1.54) is 0 Å². The summed E-state index contributed by atoms with van der Waals surface area (Å²) in [6.07, 6.45) is 0.888. The fraction of sp³-hybridized carbons (Fsp3) is 0.846. The predicted octanol–water partition coefficient (Wildman–Crippen LogP) is 0.202. The summed E-state index contributed by atoms with van der Waals surface area (Å²) in [6, 6.07) is 0. The normalized spacial score (nSPS) is 24.0. The Morgan fingerprint density at radius 1 is 1.39 bits per heavy atom. The van der Waals surface area contributed by atoms with E-state index < -0.39 is 5.91 Å². The average Bonchev–Trinajstić information content (AvgIpc) is 2.26. The van der Waals surface area contributed by atoms with Crippen molar-refractivity contribution < 1.29 is 9.59 Å². The van der Waals surface area contributed by atoms with Crippen molar-refractivity contribution in [2.24, 2.45) is 23.5 Å². The van der Waals surface area contributed by atoms with Crippen LogP contribution in [0, 0.1) is 17.8 Å². The highest BCUT2D eigenvalue weighted by Crippen LogP contribution is 2.18. The summed E-state index contributed by atoms with van der Waals surface area (Å²) >= 11 is 0. The molecule has 18 heavy (non-hydrogen) atoms. The van der Waals surface area contributed by atoms with Crippen LogP contribution in [-0.4, -0.2) is 42.9 Å². The van der Waals surface area contributed by atoms with Crippen LogP contribution in [0.15, 0.2) is 0 Å². The molecule has 2 unspecified atom stereocenters. The van der Waals surface area contributed by atoms with Gasteiger partial charge < -0.3 is 16.0 Å². The molecule has 0 aliphatic carbocycles. The molecule has 0 saturated carbocycles. The minimum absolute atomic E-state index is 0.0214. The Morgan fingerprint density at radius 2 is 2.06 bits per heavy atom. The van der Waals surface area contributed by atoms with Crippen LogP contribution in [0.3, 0.4) is 0 Å². The second-order valence-corrected chi connectivity index (χ2v) is 5.77. The number of carbonyl (C=O) groups excluding carboxylic acids is 2. The lowest BCUT2D eigenvalue weighted by Gasteiger charge is -2.32. The van der Waals surface area contributed by atoms with Crippen molar-refractivity contribution in [3.63, 3.8) is 0 Å². The van der Waals surface area contributed by atoms with Crippen LogP contribution in [0.2, 0.25) is 0 Å². The van der Waals surface area contributed by atoms with E-state index in [0.29, 0.717) is 24.9 Å². The fourth-order valence-corrected chi connectivity index (χ4v) is 2.46. The first-order valence-corrected chi connectivity index (χ1v) is 6.68. The molecule has 0 aromatic heterocycles. The average molecular weight is 255 g/mol. The van der Waals surface area contributed by atoms with Gasteiger partial charge in [-0.25, -0.2) is 0 Å². The number of hydrogen-bond acceptors (Lipinski definition) is 3. The highest BCUT2D eigenvalue weighted by atomic mass is 16.2. The van der Waals surface area contributed by atoms with Gasteiger partial charge in [0.25, 0.3) is 0 Å². The Kier molecular flexibility index (Phi) is 5.59. The lowest BCUT2D eigenvalue weighted by Crippen LogP contribution is -2.48. The summed E-state index contributed by atoms with van der Waals surface area (Å²) in [6.45, 7) is 8.48. The van der Waals surface area contributed by atoms with Gasteiger partial charge in [-0.1, -0.05) is 20.8 Å². The van der Waals surface area contributed by atoms with Gasteiger partial charge in [-0.05, 0) is 24.8 Å². The van der Waals surface area contributed by atoms with E-state index >= 15 is 0 Å². The van der Waals surface area contributed by atoms with Crippen LogP contribution in [0.5, 0.6) is 0 Å². The number of piperidine rings is 1. The number of carbonyl (C=O) groups is 2. The highest BCUT2D eigenvalue weighted by Gasteiger charge is 2.29. The van der Waals surface area contributed by atoms with Crippen molar-refractivity contribution in [3.05, 3.63) is 0 Å². The summed E-state index contributed by atoms with van der Waals surface area (Å²) in [4.78, 5) is 25.1. The number of nitrogens with two attached hydrogens (primary N) is 1. The topological polar surface area (TPSA) is 75.4 Å². The molecule has 1 fully saturated rings. The minimum Gasteiger partial charge on any atom is -0.368 e. The molecule has 0 aromatic carbocycles. The van der Waals surface area contributed by atoms with Gasteiger partial charge in [0.05, 0.1) is 12.5 Å². The molecule has 1 rings (SSSR count). The van der Waals surface area contributed by atoms with Gasteiger partial charge in [-0.15, -0.1) is 0 Å². The summed E-state index contributed by atoms with van der Waals surface area (Å²) in [5.41, 5.74) is 5.22. The molecule has 2 atom stereocenters. The third-order valence-electron chi connectivity index (χ3n) is 3.16. The minimum atomic E-state index is -0.444. The highest BCUT2D eigenvalue weighted by molar-refractivity contribution is 5.85. The SMILES string of the molecule is CC(C)CN(CC(N)=O)C(=O)C1CNCC(C)C1. The van der Waals surface area contributed by atoms with Gasteiger partial charge in [0, 0.05) is 13.1 Å². The number of amides is 2. The monoisotopic (exact) mass is 255 g/mol. The van der Waals surface area contributed by atoms with Gasteiger partial charge in [0.1, 0.15) is 0 Å². The van der Waals surface area contributed by atoms with E-state index in [1.807, 2.05) is 13.8 Å². The molecule has 0 spiro atoms. The van der Waals surface area contributed by atoms with E-state index in [0.717, 1.165) is 13.0 Å². The third kappa shape index (κ3) is 4.64. The van der Waals surface area contributed by atoms with Crippen molar-refractivity contribution in [3.8, 4) is 0 Å². The number of nitrogens with zero attached hydrogens (tertiary/aromatic N) is 1. The molecule has 5 heteroatoms. The zero-order valence-electron chi connectivity index (χ0n) is 11.6. The Balaban J connectivity index is 2.64. The van der Waals surface area contributed by atoms with Gasteiger partial charge >= 0.3 is 0 Å². The van der Waals surface area contributed by atoms with Crippen LogP contribution < -0.4 is 11.1 Å². The quantitative estimate of drug-likeness (QED) is 0.737. The Labute approximate surface area is 109 Å². The summed E-state index contributed by atoms with van der Waals surface area (Å²) in [5, 5.41) is 3.26. The molecule has 3 N–H and O–H groups in total. The van der Waals surface area contributed by atoms with Gasteiger partial charge in [0.15, 0.2) is 0 Å². The smallest absolute Gasteiger partial charge is 0.237 e. The predicted molar refractivity (Wildman–Crippen MR) is 70.8 cm³/mol. The maximum absolute atomic E-state index is 12.4. The van der Waals surface area contributed by atoms with Gasteiger partial charge in [-0.2, -0.15) is 0 Å². The van der Waals surface area contributed by atoms with Crippen LogP contribution in [0.4, 0.5) is 0 Å². The zero-order valence-corrected chi connectivity index (χ0v) is 11.6. The van der Waals surface area contributed by atoms with E-state index in [2.05, 4.69) is 12.2 Å². The number of primary amides is 1. The largest absolute Gasteiger partial charge is 0.368 e. The molecular weight excluding hydrogens is 230 g/mol. The van der Waals surface area contributed by atoms with E-state index in [-0.39, 0.29) is 18.4 Å². The molecule has 1 saturated heterocycles. The van der Waals surface area contributed by atoms with Crippen LogP contribution in [-0.2, 0) is 9.59 Å². The van der Waals surface area contributed by atoms with Crippen molar-refractivity contribution in [1.29, 1.82) is 0 Å². The van der Waals surface area contributed by atoms with E-state index in [1.54, 1.807) is 4.90 Å². The van der Waals surface area contributed by atoms with Crippen LogP contribution in [0.25, 0.3) is 0 Å². The van der Waals surface area contributed by atoms with Crippen molar-refractivity contribution >= 4 is 11.8 Å². The molecule has 0 radical (unpaired) electrons. The first-order chi connectivity index (χ1) is 8.40. The summed E-state index contributed by atoms with van der Waals surface area (Å²) < 4.78 is 0. The number of hydrogen-bond donors (Lipinski definition) is 2. The first-order valence-electron chi connectivity index (χ1n) is 6.68. The van der Waals surface area contributed by atoms with E-state index in [4.69, 9.17) is 5.73 Å². The lowest BCUT2D eigenvalue weighted by atomic mass is 9.90. The molecule has 0 bridgehead atoms. The molecular formula is C13H25N3O2. The molecule has 0 aromatic rings. The van der Waals surface area contributed by atoms with Crippen LogP contribution in [0.1, 0.15) is 27.2 Å². The maximum atomic E-state index is 12.4. The van der Waals surface area contributed by atoms with Gasteiger partial charge in [0.2, 0.25) is 11.8 Å². The van der Waals surface area contributed by atoms with Gasteiger partial charge in [-0.3, -0.25) is 9.59 Å². The Bertz CT molecular complexity index is 305.